The van der Waals surface area contributed by atoms with Crippen LogP contribution in [0.15, 0.2) is 42.6 Å². The quantitative estimate of drug-likeness (QED) is 0.739. The Bertz CT molecular complexity index is 887. The van der Waals surface area contributed by atoms with Crippen molar-refractivity contribution in [1.29, 1.82) is 0 Å². The highest BCUT2D eigenvalue weighted by Gasteiger charge is 2.21. The third-order valence-corrected chi connectivity index (χ3v) is 4.15. The van der Waals surface area contributed by atoms with E-state index in [1.54, 1.807) is 12.3 Å². The molecule has 0 radical (unpaired) electrons. The van der Waals surface area contributed by atoms with Crippen molar-refractivity contribution in [1.82, 2.24) is 9.38 Å². The Hall–Kier alpha value is -2.37. The number of halogens is 1. The van der Waals surface area contributed by atoms with Crippen LogP contribution in [0.2, 0.25) is 5.02 Å². The van der Waals surface area contributed by atoms with Crippen LogP contribution in [0.4, 0.5) is 0 Å². The van der Waals surface area contributed by atoms with Crippen LogP contribution in [0.25, 0.3) is 16.9 Å². The number of rotatable bonds is 4. The molecule has 2 heterocycles. The number of nitrogens with zero attached hydrogens (tertiary/aromatic N) is 2. The van der Waals surface area contributed by atoms with E-state index in [1.807, 2.05) is 41.7 Å². The zero-order chi connectivity index (χ0) is 17.3. The molecule has 0 amide bonds. The summed E-state index contributed by atoms with van der Waals surface area (Å²) in [5.74, 6) is -0.457. The second-order valence-electron chi connectivity index (χ2n) is 5.68. The fourth-order valence-electron chi connectivity index (χ4n) is 2.65. The van der Waals surface area contributed by atoms with Gasteiger partial charge in [0.05, 0.1) is 23.5 Å². The fourth-order valence-corrected chi connectivity index (χ4v) is 2.81. The highest BCUT2D eigenvalue weighted by molar-refractivity contribution is 6.30. The molecule has 0 saturated heterocycles. The monoisotopic (exact) mass is 343 g/mol. The lowest BCUT2D eigenvalue weighted by molar-refractivity contribution is -0.142. The standard InChI is InChI=1S/C18H18ClN3O2/c1-11-3-5-12(6-4-11)17-15(9-14(20)18(23)24-2)22-10-13(19)7-8-16(22)21-17/h3-8,10,14H,9,20H2,1-2H3. The summed E-state index contributed by atoms with van der Waals surface area (Å²) in [4.78, 5) is 16.4. The van der Waals surface area contributed by atoms with Gasteiger partial charge in [-0.05, 0) is 19.1 Å². The van der Waals surface area contributed by atoms with E-state index in [4.69, 9.17) is 22.1 Å². The first-order valence-electron chi connectivity index (χ1n) is 7.56. The zero-order valence-electron chi connectivity index (χ0n) is 13.5. The number of ether oxygens (including phenoxy) is 1. The Morgan fingerprint density at radius 3 is 2.67 bits per heavy atom. The number of methoxy groups -OCH3 is 1. The SMILES string of the molecule is COC(=O)C(N)Cc1c(-c2ccc(C)cc2)nc2ccc(Cl)cn12. The van der Waals surface area contributed by atoms with Crippen LogP contribution in [-0.2, 0) is 16.0 Å². The van der Waals surface area contributed by atoms with E-state index in [0.717, 1.165) is 22.6 Å². The van der Waals surface area contributed by atoms with Crippen LogP contribution in [0.3, 0.4) is 0 Å². The molecule has 0 spiro atoms. The molecule has 0 bridgehead atoms. The van der Waals surface area contributed by atoms with Gasteiger partial charge in [0.15, 0.2) is 0 Å². The molecule has 0 aliphatic carbocycles. The number of fused-ring (bicyclic) bond motifs is 1. The number of carbonyl (C=O) groups is 1. The summed E-state index contributed by atoms with van der Waals surface area (Å²) in [6, 6.07) is 10.9. The summed E-state index contributed by atoms with van der Waals surface area (Å²) in [5.41, 5.74) is 10.5. The average molecular weight is 344 g/mol. The number of hydrogen-bond acceptors (Lipinski definition) is 4. The molecule has 1 unspecified atom stereocenters. The van der Waals surface area contributed by atoms with Gasteiger partial charge in [-0.15, -0.1) is 0 Å². The van der Waals surface area contributed by atoms with Gasteiger partial charge >= 0.3 is 5.97 Å². The molecule has 1 aromatic carbocycles. The Balaban J connectivity index is 2.15. The van der Waals surface area contributed by atoms with Gasteiger partial charge < -0.3 is 14.9 Å². The fraction of sp³-hybridized carbons (Fsp3) is 0.222. The highest BCUT2D eigenvalue weighted by Crippen LogP contribution is 2.27. The van der Waals surface area contributed by atoms with Crippen LogP contribution in [-0.4, -0.2) is 28.5 Å². The molecule has 5 nitrogen and oxygen atoms in total. The summed E-state index contributed by atoms with van der Waals surface area (Å²) in [6.45, 7) is 2.03. The number of nitrogens with two attached hydrogens (primary N) is 1. The van der Waals surface area contributed by atoms with Crippen molar-refractivity contribution in [2.24, 2.45) is 5.73 Å². The molecule has 3 rings (SSSR count). The molecule has 0 aliphatic rings. The summed E-state index contributed by atoms with van der Waals surface area (Å²) >= 11 is 6.12. The van der Waals surface area contributed by atoms with Crippen LogP contribution in [0.5, 0.6) is 0 Å². The van der Waals surface area contributed by atoms with Gasteiger partial charge in [0, 0.05) is 18.2 Å². The third kappa shape index (κ3) is 3.13. The Labute approximate surface area is 145 Å². The molecule has 2 N–H and O–H groups in total. The summed E-state index contributed by atoms with van der Waals surface area (Å²) in [7, 11) is 1.33. The first-order valence-corrected chi connectivity index (χ1v) is 7.94. The smallest absolute Gasteiger partial charge is 0.323 e. The van der Waals surface area contributed by atoms with Crippen LogP contribution in [0, 0.1) is 6.92 Å². The minimum atomic E-state index is -0.766. The van der Waals surface area contributed by atoms with E-state index >= 15 is 0 Å². The second kappa shape index (κ2) is 6.63. The lowest BCUT2D eigenvalue weighted by Gasteiger charge is -2.11. The number of benzene rings is 1. The Morgan fingerprint density at radius 2 is 2.00 bits per heavy atom. The summed E-state index contributed by atoms with van der Waals surface area (Å²) < 4.78 is 6.61. The van der Waals surface area contributed by atoms with E-state index in [0.29, 0.717) is 11.4 Å². The van der Waals surface area contributed by atoms with Gasteiger partial charge in [-0.2, -0.15) is 0 Å². The Kier molecular flexibility index (Phi) is 4.55. The van der Waals surface area contributed by atoms with Gasteiger partial charge in [-0.3, -0.25) is 4.79 Å². The summed E-state index contributed by atoms with van der Waals surface area (Å²) in [6.07, 6.45) is 2.08. The van der Waals surface area contributed by atoms with Crippen molar-refractivity contribution in [3.63, 3.8) is 0 Å². The first-order chi connectivity index (χ1) is 11.5. The lowest BCUT2D eigenvalue weighted by Crippen LogP contribution is -2.34. The number of imidazole rings is 1. The van der Waals surface area contributed by atoms with E-state index in [-0.39, 0.29) is 0 Å². The van der Waals surface area contributed by atoms with Gasteiger partial charge in [-0.25, -0.2) is 4.98 Å². The van der Waals surface area contributed by atoms with E-state index in [9.17, 15) is 4.79 Å². The lowest BCUT2D eigenvalue weighted by atomic mass is 10.0. The van der Waals surface area contributed by atoms with E-state index < -0.39 is 12.0 Å². The minimum absolute atomic E-state index is 0.303. The second-order valence-corrected chi connectivity index (χ2v) is 6.12. The predicted octanol–water partition coefficient (Wildman–Crippen LogP) is 3.01. The highest BCUT2D eigenvalue weighted by atomic mass is 35.5. The van der Waals surface area contributed by atoms with E-state index in [1.165, 1.54) is 12.7 Å². The normalized spacial score (nSPS) is 12.3. The van der Waals surface area contributed by atoms with Crippen molar-refractivity contribution in [3.8, 4) is 11.3 Å². The van der Waals surface area contributed by atoms with Crippen molar-refractivity contribution in [2.45, 2.75) is 19.4 Å². The molecule has 2 aromatic heterocycles. The Morgan fingerprint density at radius 1 is 1.29 bits per heavy atom. The molecule has 24 heavy (non-hydrogen) atoms. The number of hydrogen-bond donors (Lipinski definition) is 1. The topological polar surface area (TPSA) is 69.6 Å². The molecule has 124 valence electrons. The maximum atomic E-state index is 11.7. The minimum Gasteiger partial charge on any atom is -0.468 e. The maximum Gasteiger partial charge on any atom is 0.323 e. The average Bonchev–Trinajstić information content (AvgIpc) is 2.92. The third-order valence-electron chi connectivity index (χ3n) is 3.92. The molecular formula is C18H18ClN3O2. The zero-order valence-corrected chi connectivity index (χ0v) is 14.2. The van der Waals surface area contributed by atoms with Crippen LogP contribution < -0.4 is 5.73 Å². The first kappa shape index (κ1) is 16.5. The number of carbonyl (C=O) groups excluding carboxylic acids is 1. The van der Waals surface area contributed by atoms with Crippen LogP contribution in [0.1, 0.15) is 11.3 Å². The van der Waals surface area contributed by atoms with Gasteiger partial charge in [0.2, 0.25) is 0 Å². The van der Waals surface area contributed by atoms with Gasteiger partial charge in [-0.1, -0.05) is 41.4 Å². The van der Waals surface area contributed by atoms with Gasteiger partial charge in [0.1, 0.15) is 11.7 Å². The molecule has 6 heteroatoms. The van der Waals surface area contributed by atoms with Crippen molar-refractivity contribution >= 4 is 23.2 Å². The van der Waals surface area contributed by atoms with Crippen molar-refractivity contribution < 1.29 is 9.53 Å². The van der Waals surface area contributed by atoms with E-state index in [2.05, 4.69) is 4.98 Å². The predicted molar refractivity (Wildman–Crippen MR) is 94.1 cm³/mol. The van der Waals surface area contributed by atoms with Gasteiger partial charge in [0.25, 0.3) is 0 Å². The number of aryl methyl sites for hydroxylation is 1. The van der Waals surface area contributed by atoms with Crippen molar-refractivity contribution in [3.05, 3.63) is 58.9 Å². The molecule has 0 aliphatic heterocycles. The number of aromatic nitrogens is 2. The number of esters is 1. The molecular weight excluding hydrogens is 326 g/mol. The molecule has 0 saturated carbocycles. The largest absolute Gasteiger partial charge is 0.468 e. The molecule has 0 fully saturated rings. The summed E-state index contributed by atoms with van der Waals surface area (Å²) in [5, 5.41) is 0.586. The molecule has 1 atom stereocenters. The molecule has 3 aromatic rings. The van der Waals surface area contributed by atoms with Crippen molar-refractivity contribution in [2.75, 3.05) is 7.11 Å². The maximum absolute atomic E-state index is 11.7. The van der Waals surface area contributed by atoms with Crippen LogP contribution >= 0.6 is 11.6 Å². The number of pyridine rings is 1.